The van der Waals surface area contributed by atoms with E-state index in [9.17, 15) is 14.4 Å². The molecule has 0 aliphatic rings. The first-order valence-corrected chi connectivity index (χ1v) is 4.59. The van der Waals surface area contributed by atoms with E-state index < -0.39 is 23.9 Å². The molecule has 2 N–H and O–H groups in total. The normalized spacial score (nSPS) is 11.6. The number of carbonyl (C=O) groups excluding carboxylic acids is 2. The highest BCUT2D eigenvalue weighted by molar-refractivity contribution is 5.84. The molecular formula is C9H15NO6. The number of rotatable bonds is 7. The summed E-state index contributed by atoms with van der Waals surface area (Å²) in [5.74, 6) is -2.26. The van der Waals surface area contributed by atoms with Gasteiger partial charge in [-0.05, 0) is 6.42 Å². The molecule has 0 aliphatic carbocycles. The predicted molar refractivity (Wildman–Crippen MR) is 52.7 cm³/mol. The van der Waals surface area contributed by atoms with Crippen LogP contribution in [0.2, 0.25) is 0 Å². The smallest absolute Gasteiger partial charge is 0.326 e. The van der Waals surface area contributed by atoms with Crippen LogP contribution in [0.5, 0.6) is 0 Å². The Morgan fingerprint density at radius 3 is 2.38 bits per heavy atom. The molecule has 0 aromatic carbocycles. The quantitative estimate of drug-likeness (QED) is 0.556. The summed E-state index contributed by atoms with van der Waals surface area (Å²) in [5.41, 5.74) is 0. The summed E-state index contributed by atoms with van der Waals surface area (Å²) < 4.78 is 8.90. The van der Waals surface area contributed by atoms with Crippen molar-refractivity contribution in [2.24, 2.45) is 0 Å². The van der Waals surface area contributed by atoms with Crippen LogP contribution in [-0.2, 0) is 23.9 Å². The average molecular weight is 233 g/mol. The van der Waals surface area contributed by atoms with Crippen LogP contribution in [-0.4, -0.2) is 49.8 Å². The fourth-order valence-corrected chi connectivity index (χ4v) is 0.989. The molecule has 0 bridgehead atoms. The second-order valence-electron chi connectivity index (χ2n) is 3.01. The molecule has 0 saturated heterocycles. The maximum Gasteiger partial charge on any atom is 0.326 e. The van der Waals surface area contributed by atoms with Gasteiger partial charge in [-0.15, -0.1) is 0 Å². The van der Waals surface area contributed by atoms with Crippen molar-refractivity contribution in [3.63, 3.8) is 0 Å². The van der Waals surface area contributed by atoms with E-state index in [4.69, 9.17) is 5.11 Å². The summed E-state index contributed by atoms with van der Waals surface area (Å²) in [4.78, 5) is 32.6. The lowest BCUT2D eigenvalue weighted by molar-refractivity contribution is -0.144. The molecule has 0 rings (SSSR count). The first-order valence-electron chi connectivity index (χ1n) is 4.59. The van der Waals surface area contributed by atoms with Gasteiger partial charge >= 0.3 is 11.9 Å². The molecule has 92 valence electrons. The van der Waals surface area contributed by atoms with E-state index in [-0.39, 0.29) is 19.4 Å². The highest BCUT2D eigenvalue weighted by atomic mass is 16.5. The minimum absolute atomic E-state index is 0.0164. The zero-order chi connectivity index (χ0) is 12.6. The van der Waals surface area contributed by atoms with Crippen molar-refractivity contribution < 1.29 is 29.0 Å². The van der Waals surface area contributed by atoms with Gasteiger partial charge in [-0.1, -0.05) is 0 Å². The lowest BCUT2D eigenvalue weighted by Crippen LogP contribution is -2.42. The van der Waals surface area contributed by atoms with Gasteiger partial charge in [-0.3, -0.25) is 9.59 Å². The Morgan fingerprint density at radius 1 is 1.31 bits per heavy atom. The summed E-state index contributed by atoms with van der Waals surface area (Å²) in [7, 11) is 2.53. The average Bonchev–Trinajstić information content (AvgIpc) is 2.23. The third-order valence-electron chi connectivity index (χ3n) is 1.77. The van der Waals surface area contributed by atoms with Crippen molar-refractivity contribution in [2.75, 3.05) is 20.8 Å². The molecule has 0 spiro atoms. The number of esters is 1. The topological polar surface area (TPSA) is 102 Å². The Balaban J connectivity index is 4.12. The second-order valence-corrected chi connectivity index (χ2v) is 3.01. The van der Waals surface area contributed by atoms with E-state index in [0.29, 0.717) is 0 Å². The SMILES string of the molecule is COCC(=O)NC(CCC(=O)OC)C(=O)O. The number of carboxylic acid groups (broad SMARTS) is 1. The van der Waals surface area contributed by atoms with Gasteiger partial charge in [0.25, 0.3) is 0 Å². The van der Waals surface area contributed by atoms with Gasteiger partial charge in [0, 0.05) is 13.5 Å². The van der Waals surface area contributed by atoms with Crippen molar-refractivity contribution in [3.8, 4) is 0 Å². The highest BCUT2D eigenvalue weighted by Gasteiger charge is 2.20. The minimum atomic E-state index is -1.20. The van der Waals surface area contributed by atoms with Crippen LogP contribution in [0.15, 0.2) is 0 Å². The Kier molecular flexibility index (Phi) is 6.86. The summed E-state index contributed by atoms with van der Waals surface area (Å²) >= 11 is 0. The van der Waals surface area contributed by atoms with E-state index >= 15 is 0 Å². The van der Waals surface area contributed by atoms with Crippen molar-refractivity contribution in [2.45, 2.75) is 18.9 Å². The molecule has 0 fully saturated rings. The number of carbonyl (C=O) groups is 3. The van der Waals surface area contributed by atoms with E-state index in [1.165, 1.54) is 14.2 Å². The summed E-state index contributed by atoms with van der Waals surface area (Å²) in [6, 6.07) is -1.11. The second kappa shape index (κ2) is 7.63. The van der Waals surface area contributed by atoms with Gasteiger partial charge in [-0.25, -0.2) is 4.79 Å². The maximum absolute atomic E-state index is 11.1. The Hall–Kier alpha value is -1.63. The molecule has 0 saturated carbocycles. The van der Waals surface area contributed by atoms with E-state index in [1.54, 1.807) is 0 Å². The van der Waals surface area contributed by atoms with Crippen LogP contribution in [0.1, 0.15) is 12.8 Å². The molecule has 1 atom stereocenters. The Labute approximate surface area is 92.7 Å². The van der Waals surface area contributed by atoms with Crippen molar-refractivity contribution in [1.82, 2.24) is 5.32 Å². The maximum atomic E-state index is 11.1. The van der Waals surface area contributed by atoms with Crippen LogP contribution in [0.4, 0.5) is 0 Å². The minimum Gasteiger partial charge on any atom is -0.480 e. The van der Waals surface area contributed by atoms with Gasteiger partial charge in [0.2, 0.25) is 5.91 Å². The van der Waals surface area contributed by atoms with Crippen LogP contribution >= 0.6 is 0 Å². The van der Waals surface area contributed by atoms with Crippen molar-refractivity contribution in [1.29, 1.82) is 0 Å². The molecule has 1 unspecified atom stereocenters. The molecule has 16 heavy (non-hydrogen) atoms. The molecule has 7 heteroatoms. The zero-order valence-corrected chi connectivity index (χ0v) is 9.19. The van der Waals surface area contributed by atoms with E-state index in [0.717, 1.165) is 0 Å². The predicted octanol–water partition coefficient (Wildman–Crippen LogP) is -0.845. The molecule has 1 amide bonds. The largest absolute Gasteiger partial charge is 0.480 e. The van der Waals surface area contributed by atoms with Gasteiger partial charge in [0.15, 0.2) is 0 Å². The first kappa shape index (κ1) is 14.4. The van der Waals surface area contributed by atoms with Gasteiger partial charge in [-0.2, -0.15) is 0 Å². The summed E-state index contributed by atoms with van der Waals surface area (Å²) in [6.07, 6.45) is -0.0851. The van der Waals surface area contributed by atoms with Crippen LogP contribution in [0.3, 0.4) is 0 Å². The number of carboxylic acids is 1. The van der Waals surface area contributed by atoms with Crippen molar-refractivity contribution >= 4 is 17.8 Å². The number of hydrogen-bond acceptors (Lipinski definition) is 5. The van der Waals surface area contributed by atoms with Crippen LogP contribution in [0.25, 0.3) is 0 Å². The number of aliphatic carboxylic acids is 1. The molecular weight excluding hydrogens is 218 g/mol. The fraction of sp³-hybridized carbons (Fsp3) is 0.667. The third kappa shape index (κ3) is 5.97. The number of amides is 1. The van der Waals surface area contributed by atoms with Gasteiger partial charge in [0.05, 0.1) is 7.11 Å². The van der Waals surface area contributed by atoms with E-state index in [2.05, 4.69) is 14.8 Å². The van der Waals surface area contributed by atoms with Crippen LogP contribution in [0, 0.1) is 0 Å². The third-order valence-corrected chi connectivity index (χ3v) is 1.77. The number of nitrogens with one attached hydrogen (secondary N) is 1. The monoisotopic (exact) mass is 233 g/mol. The number of methoxy groups -OCH3 is 2. The molecule has 0 heterocycles. The summed E-state index contributed by atoms with van der Waals surface area (Å²) in [6.45, 7) is -0.220. The number of ether oxygens (including phenoxy) is 2. The van der Waals surface area contributed by atoms with Crippen LogP contribution < -0.4 is 5.32 Å². The molecule has 7 nitrogen and oxygen atoms in total. The Morgan fingerprint density at radius 2 is 1.94 bits per heavy atom. The molecule has 0 aliphatic heterocycles. The summed E-state index contributed by atoms with van der Waals surface area (Å²) in [5, 5.41) is 11.0. The molecule has 0 radical (unpaired) electrons. The molecule has 0 aromatic heterocycles. The van der Waals surface area contributed by atoms with Gasteiger partial charge in [0.1, 0.15) is 12.6 Å². The molecule has 0 aromatic rings. The first-order chi connectivity index (χ1) is 7.51. The Bertz CT molecular complexity index is 265. The standard InChI is InChI=1S/C9H15NO6/c1-15-5-7(11)10-6(9(13)14)3-4-8(12)16-2/h6H,3-5H2,1-2H3,(H,10,11)(H,13,14). The lowest BCUT2D eigenvalue weighted by Gasteiger charge is -2.13. The van der Waals surface area contributed by atoms with Crippen molar-refractivity contribution in [3.05, 3.63) is 0 Å². The number of hydrogen-bond donors (Lipinski definition) is 2. The van der Waals surface area contributed by atoms with Gasteiger partial charge < -0.3 is 19.9 Å². The highest BCUT2D eigenvalue weighted by Crippen LogP contribution is 1.99. The van der Waals surface area contributed by atoms with E-state index in [1.807, 2.05) is 0 Å². The zero-order valence-electron chi connectivity index (χ0n) is 9.19. The lowest BCUT2D eigenvalue weighted by atomic mass is 10.1. The fourth-order valence-electron chi connectivity index (χ4n) is 0.989.